The van der Waals surface area contributed by atoms with Gasteiger partial charge >= 0.3 is 11.9 Å². The molecule has 89 heavy (non-hydrogen) atoms. The van der Waals surface area contributed by atoms with Crippen LogP contribution < -0.4 is 21.3 Å². The van der Waals surface area contributed by atoms with Gasteiger partial charge in [0.15, 0.2) is 0 Å². The largest absolute Gasteiger partial charge is 0.507 e. The van der Waals surface area contributed by atoms with Crippen molar-refractivity contribution in [3.63, 3.8) is 0 Å². The average molecular weight is 1240 g/mol. The van der Waals surface area contributed by atoms with E-state index in [0.717, 1.165) is 19.6 Å². The highest BCUT2D eigenvalue weighted by atomic mass is 16.5. The standard InChI is InChI=1S/C62H78N10O16.CH4/c1-35(2)53-61(85)87-33-43(65-55(79)41-25-37-17-9-11-19-39(37)27-47(41)73)59(83)71-23-15-13-21-45(71)57(81)64-30-50(76)68(6)32-52(78)70(8)54(36(3)4)62(86)88-34-44(66-56(80)42-26-38-18-10-12-20-40(38)28-48(42)74)60(84)72-24-16-14-22-46(72)58(82)63-29-49(75)67(5)31-51(77)69(53)7;/h9-12,17-20,25-28,35-36,43-46,53-54,73-74H,13-16,21-24,29-34H2,1-8H3,(H,63,82)(H,64,81)(H,65,79)(H,66,80);1H4/t43-,44-,45+,46+,53+,54+;/m1./s1. The first-order chi connectivity index (χ1) is 41.8. The van der Waals surface area contributed by atoms with Crippen LogP contribution in [0.25, 0.3) is 21.5 Å². The smallest absolute Gasteiger partial charge is 0.329 e. The van der Waals surface area contributed by atoms with Gasteiger partial charge in [0.1, 0.15) is 61.0 Å². The predicted octanol–water partition coefficient (Wildman–Crippen LogP) is 1.91. The first-order valence-electron chi connectivity index (χ1n) is 29.3. The Morgan fingerprint density at radius 2 is 0.854 bits per heavy atom. The van der Waals surface area contributed by atoms with Crippen LogP contribution in [-0.2, 0) is 57.4 Å². The van der Waals surface area contributed by atoms with Gasteiger partial charge in [-0.2, -0.15) is 0 Å². The molecule has 0 bridgehead atoms. The SMILES string of the molecule is C.CC(C)[C@H]1C(=O)OC[C@@H](NC(=O)c2cc3ccccc3cc2O)C(=O)N2CCCC[C@H]2C(=O)NCC(=O)N(C)CC(=O)N(C)[C@@H](C(C)C)C(=O)OC[C@@H](NC(=O)c2cc3ccccc3cc2O)C(=O)N2CCCC[C@H]2C(=O)NCC(=O)N(C)CC(=O)N1C. The van der Waals surface area contributed by atoms with Crippen molar-refractivity contribution in [2.24, 2.45) is 11.8 Å². The zero-order valence-corrected chi connectivity index (χ0v) is 50.7. The van der Waals surface area contributed by atoms with Crippen molar-refractivity contribution in [2.45, 2.75) is 110 Å². The van der Waals surface area contributed by atoms with E-state index >= 15 is 0 Å². The molecule has 4 aromatic carbocycles. The second kappa shape index (κ2) is 30.5. The highest BCUT2D eigenvalue weighted by Gasteiger charge is 2.42. The molecule has 3 heterocycles. The van der Waals surface area contributed by atoms with Crippen LogP contribution in [0.5, 0.6) is 11.5 Å². The molecular weight excluding hydrogens is 1150 g/mol. The molecule has 6 N–H and O–H groups in total. The van der Waals surface area contributed by atoms with Crippen molar-refractivity contribution in [3.8, 4) is 11.5 Å². The lowest BCUT2D eigenvalue weighted by molar-refractivity contribution is -0.159. The Hall–Kier alpha value is -9.36. The number of hydrogen-bond donors (Lipinski definition) is 6. The number of likely N-dealkylation sites (N-methyl/N-ethyl adjacent to an activating group) is 4. The lowest BCUT2D eigenvalue weighted by Gasteiger charge is -2.37. The minimum Gasteiger partial charge on any atom is -0.507 e. The predicted molar refractivity (Wildman–Crippen MR) is 325 cm³/mol. The van der Waals surface area contributed by atoms with E-state index in [2.05, 4.69) is 21.3 Å². The molecule has 3 fully saturated rings. The van der Waals surface area contributed by atoms with E-state index in [9.17, 15) is 67.7 Å². The average Bonchev–Trinajstić information content (AvgIpc) is 3.68. The molecule has 0 aliphatic carbocycles. The summed E-state index contributed by atoms with van der Waals surface area (Å²) in [6.07, 6.45) is 2.01. The van der Waals surface area contributed by atoms with Gasteiger partial charge in [-0.15, -0.1) is 0 Å². The maximum Gasteiger partial charge on any atom is 0.329 e. The van der Waals surface area contributed by atoms with E-state index in [1.807, 2.05) is 0 Å². The van der Waals surface area contributed by atoms with Gasteiger partial charge in [-0.1, -0.05) is 83.7 Å². The summed E-state index contributed by atoms with van der Waals surface area (Å²) in [6, 6.07) is 10.9. The summed E-state index contributed by atoms with van der Waals surface area (Å²) < 4.78 is 11.5. The monoisotopic (exact) mass is 1230 g/mol. The van der Waals surface area contributed by atoms with Crippen molar-refractivity contribution < 1.29 is 77.2 Å². The number of aromatic hydroxyl groups is 2. The number of esters is 2. The number of piperidine rings is 2. The number of ether oxygens (including phenoxy) is 2. The molecule has 7 rings (SSSR count). The molecule has 0 spiro atoms. The fraction of sp³-hybridized carbons (Fsp3) is 0.492. The van der Waals surface area contributed by atoms with Crippen LogP contribution in [0.2, 0.25) is 0 Å². The Bertz CT molecular complexity index is 3140. The van der Waals surface area contributed by atoms with E-state index in [-0.39, 0.29) is 44.5 Å². The third-order valence-electron chi connectivity index (χ3n) is 16.2. The molecule has 0 saturated carbocycles. The van der Waals surface area contributed by atoms with E-state index in [1.165, 1.54) is 62.3 Å². The van der Waals surface area contributed by atoms with Crippen LogP contribution in [0.4, 0.5) is 0 Å². The summed E-state index contributed by atoms with van der Waals surface area (Å²) in [5.74, 6) is -12.2. The first kappa shape index (κ1) is 68.7. The van der Waals surface area contributed by atoms with E-state index in [0.29, 0.717) is 47.2 Å². The van der Waals surface area contributed by atoms with Crippen LogP contribution >= 0.6 is 0 Å². The number of phenolic OH excluding ortho intramolecular Hbond substituents is 2. The van der Waals surface area contributed by atoms with Crippen molar-refractivity contribution in [2.75, 3.05) is 80.7 Å². The molecule has 4 aromatic rings. The normalized spacial score (nSPS) is 22.7. The molecule has 0 unspecified atom stereocenters. The topological polar surface area (TPSA) is 331 Å². The zero-order valence-electron chi connectivity index (χ0n) is 50.7. The summed E-state index contributed by atoms with van der Waals surface area (Å²) in [5.41, 5.74) is -0.438. The number of nitrogens with zero attached hydrogens (tertiary/aromatic N) is 6. The lowest BCUT2D eigenvalue weighted by atomic mass is 9.99. The van der Waals surface area contributed by atoms with Crippen LogP contribution in [0.1, 0.15) is 94.4 Å². The van der Waals surface area contributed by atoms with Gasteiger partial charge in [-0.25, -0.2) is 9.59 Å². The van der Waals surface area contributed by atoms with Crippen LogP contribution in [0, 0.1) is 11.8 Å². The number of benzene rings is 4. The molecule has 0 aromatic heterocycles. The lowest BCUT2D eigenvalue weighted by Crippen LogP contribution is -2.59. The van der Waals surface area contributed by atoms with Crippen molar-refractivity contribution in [3.05, 3.63) is 83.9 Å². The quantitative estimate of drug-likeness (QED) is 0.150. The van der Waals surface area contributed by atoms with E-state index in [1.54, 1.807) is 76.2 Å². The fourth-order valence-electron chi connectivity index (χ4n) is 11.2. The Morgan fingerprint density at radius 1 is 0.517 bits per heavy atom. The minimum absolute atomic E-state index is 0. The summed E-state index contributed by atoms with van der Waals surface area (Å²) in [4.78, 5) is 176. The van der Waals surface area contributed by atoms with Gasteiger partial charge in [0, 0.05) is 41.3 Å². The number of nitrogens with one attached hydrogen (secondary N) is 4. The highest BCUT2D eigenvalue weighted by Crippen LogP contribution is 2.28. The number of rotatable bonds is 6. The van der Waals surface area contributed by atoms with Crippen molar-refractivity contribution in [1.29, 1.82) is 0 Å². The number of carbonyl (C=O) groups excluding carboxylic acids is 12. The third-order valence-corrected chi connectivity index (χ3v) is 16.2. The number of phenols is 2. The van der Waals surface area contributed by atoms with Crippen molar-refractivity contribution in [1.82, 2.24) is 50.7 Å². The molecule has 26 heteroatoms. The zero-order chi connectivity index (χ0) is 64.3. The molecule has 3 saturated heterocycles. The fourth-order valence-corrected chi connectivity index (χ4v) is 11.2. The molecular formula is C63H82N10O16. The molecule has 3 aliphatic rings. The number of carbonyl (C=O) groups is 12. The number of fused-ring (bicyclic) bond motifs is 4. The summed E-state index contributed by atoms with van der Waals surface area (Å²) >= 11 is 0. The van der Waals surface area contributed by atoms with Gasteiger partial charge in [-0.05, 0) is 96.2 Å². The second-order valence-electron chi connectivity index (χ2n) is 23.2. The van der Waals surface area contributed by atoms with Gasteiger partial charge in [0.2, 0.25) is 47.3 Å². The second-order valence-corrected chi connectivity index (χ2v) is 23.2. The minimum atomic E-state index is -1.68. The number of cyclic esters (lactones) is 2. The van der Waals surface area contributed by atoms with Crippen LogP contribution in [0.3, 0.4) is 0 Å². The molecule has 0 radical (unpaired) electrons. The molecule has 6 atom stereocenters. The van der Waals surface area contributed by atoms with Crippen LogP contribution in [0.15, 0.2) is 72.8 Å². The van der Waals surface area contributed by atoms with Gasteiger partial charge in [-0.3, -0.25) is 47.9 Å². The van der Waals surface area contributed by atoms with Crippen molar-refractivity contribution >= 4 is 92.6 Å². The molecule has 480 valence electrons. The highest BCUT2D eigenvalue weighted by molar-refractivity contribution is 6.05. The Labute approximate surface area is 516 Å². The Morgan fingerprint density at radius 3 is 1.19 bits per heavy atom. The van der Waals surface area contributed by atoms with Gasteiger partial charge < -0.3 is 70.4 Å². The molecule has 26 nitrogen and oxygen atoms in total. The first-order valence-corrected chi connectivity index (χ1v) is 29.3. The summed E-state index contributed by atoms with van der Waals surface area (Å²) in [7, 11) is 5.20. The van der Waals surface area contributed by atoms with Gasteiger partial charge in [0.05, 0.1) is 37.3 Å². The summed E-state index contributed by atoms with van der Waals surface area (Å²) in [5, 5.41) is 34.6. The van der Waals surface area contributed by atoms with E-state index < -0.39 is 170 Å². The third kappa shape index (κ3) is 16.6. The molecule has 3 aliphatic heterocycles. The van der Waals surface area contributed by atoms with E-state index in [4.69, 9.17) is 9.47 Å². The maximum absolute atomic E-state index is 14.8. The number of hydrogen-bond acceptors (Lipinski definition) is 16. The number of amides is 10. The Kier molecular flexibility index (Phi) is 23.6. The summed E-state index contributed by atoms with van der Waals surface area (Å²) in [6.45, 7) is 2.35. The van der Waals surface area contributed by atoms with Gasteiger partial charge in [0.25, 0.3) is 11.8 Å². The maximum atomic E-state index is 14.8. The van der Waals surface area contributed by atoms with Crippen LogP contribution in [-0.4, -0.2) is 228 Å². The molecule has 10 amide bonds. The Balaban J connectivity index is 0.0000126.